The normalized spacial score (nSPS) is 25.8. The summed E-state index contributed by atoms with van der Waals surface area (Å²) < 4.78 is 37.8. The number of halogens is 2. The Labute approximate surface area is 371 Å². The first-order valence-electron chi connectivity index (χ1n) is 20.2. The molecular formula is C48H52F2O11S2. The van der Waals surface area contributed by atoms with Gasteiger partial charge in [-0.25, -0.2) is 8.78 Å². The second-order valence-electron chi connectivity index (χ2n) is 15.8. The Morgan fingerprint density at radius 3 is 1.19 bits per heavy atom. The smallest absolute Gasteiger partial charge is 0.123 e. The molecular weight excluding hydrogens is 855 g/mol. The van der Waals surface area contributed by atoms with Crippen molar-refractivity contribution in [2.75, 3.05) is 13.2 Å². The minimum absolute atomic E-state index is 0. The van der Waals surface area contributed by atoms with E-state index in [0.717, 1.165) is 52.9 Å². The molecule has 2 unspecified atom stereocenters. The van der Waals surface area contributed by atoms with Gasteiger partial charge in [-0.3, -0.25) is 0 Å². The SMILES string of the molecule is Cc1ccc(C2O[C@H](CO)[C@@H](O)[C@H](O)[C@H]2O)cc1Cc1ccc(-c2ccc(F)cc2)s1.Cc1ccc(C2O[C@H](CO)[C@@H](O)[C@H](O)[C@H]2O)cc1Cc1ccc(-c2ccc(F)cc2)s1.O. The van der Waals surface area contributed by atoms with E-state index in [-0.39, 0.29) is 17.1 Å². The highest BCUT2D eigenvalue weighted by Crippen LogP contribution is 2.37. The molecule has 4 aromatic carbocycles. The van der Waals surface area contributed by atoms with E-state index >= 15 is 0 Å². The number of thiophene rings is 2. The Morgan fingerprint density at radius 1 is 0.476 bits per heavy atom. The summed E-state index contributed by atoms with van der Waals surface area (Å²) in [6.45, 7) is 3.09. The third-order valence-electron chi connectivity index (χ3n) is 11.5. The molecule has 2 aromatic heterocycles. The molecule has 10 atom stereocenters. The highest BCUT2D eigenvalue weighted by Gasteiger charge is 2.45. The molecule has 63 heavy (non-hydrogen) atoms. The first kappa shape index (κ1) is 48.2. The van der Waals surface area contributed by atoms with Gasteiger partial charge in [0.1, 0.15) is 72.7 Å². The van der Waals surface area contributed by atoms with Crippen LogP contribution >= 0.6 is 22.7 Å². The van der Waals surface area contributed by atoms with Crippen LogP contribution in [0.1, 0.15) is 55.3 Å². The first-order chi connectivity index (χ1) is 29.7. The largest absolute Gasteiger partial charge is 0.412 e. The van der Waals surface area contributed by atoms with Crippen LogP contribution in [-0.4, -0.2) is 108 Å². The van der Waals surface area contributed by atoms with Crippen LogP contribution in [0.2, 0.25) is 0 Å². The summed E-state index contributed by atoms with van der Waals surface area (Å²) in [7, 11) is 0. The summed E-state index contributed by atoms with van der Waals surface area (Å²) in [5, 5.41) is 80.0. The predicted octanol–water partition coefficient (Wildman–Crippen LogP) is 5.11. The van der Waals surface area contributed by atoms with Crippen molar-refractivity contribution in [3.05, 3.63) is 164 Å². The third-order valence-corrected chi connectivity index (χ3v) is 13.8. The standard InChI is InChI=1S/2C24H25FO5S.H2O/c2*1-13-2-3-15(24-23(29)22(28)21(27)19(12-26)30-24)10-16(13)11-18-8-9-20(31-18)14-4-6-17(25)7-5-14;/h2*2-10,19,21-24,26-29H,11-12H2,1H3;1H2/t2*19-,21-,22+,23-,24?;/m11./s1. The van der Waals surface area contributed by atoms with E-state index in [1.54, 1.807) is 46.9 Å². The lowest BCUT2D eigenvalue weighted by Crippen LogP contribution is -2.55. The summed E-state index contributed by atoms with van der Waals surface area (Å²) in [4.78, 5) is 4.37. The zero-order valence-corrected chi connectivity index (χ0v) is 36.1. The average Bonchev–Trinajstić information content (AvgIpc) is 3.95. The van der Waals surface area contributed by atoms with Gasteiger partial charge in [0.15, 0.2) is 0 Å². The summed E-state index contributed by atoms with van der Waals surface area (Å²) in [5.41, 5.74) is 7.51. The Morgan fingerprint density at radius 2 is 0.841 bits per heavy atom. The molecule has 6 aromatic rings. The maximum atomic E-state index is 13.2. The van der Waals surface area contributed by atoms with Gasteiger partial charge >= 0.3 is 0 Å². The van der Waals surface area contributed by atoms with Gasteiger partial charge in [-0.1, -0.05) is 60.7 Å². The van der Waals surface area contributed by atoms with E-state index in [2.05, 4.69) is 0 Å². The summed E-state index contributed by atoms with van der Waals surface area (Å²) in [6, 6.07) is 32.3. The van der Waals surface area contributed by atoms with Gasteiger partial charge in [0, 0.05) is 32.4 Å². The number of aliphatic hydroxyl groups excluding tert-OH is 8. The maximum absolute atomic E-state index is 13.2. The quantitative estimate of drug-likeness (QED) is 0.0911. The van der Waals surface area contributed by atoms with Crippen LogP contribution in [0.5, 0.6) is 0 Å². The lowest BCUT2D eigenvalue weighted by atomic mass is 9.89. The van der Waals surface area contributed by atoms with Crippen molar-refractivity contribution < 1.29 is 64.6 Å². The van der Waals surface area contributed by atoms with E-state index in [9.17, 15) is 49.6 Å². The summed E-state index contributed by atoms with van der Waals surface area (Å²) in [5.74, 6) is -0.526. The molecule has 0 spiro atoms. The molecule has 0 aliphatic carbocycles. The van der Waals surface area contributed by atoms with Crippen LogP contribution in [0.4, 0.5) is 8.78 Å². The molecule has 0 amide bonds. The van der Waals surface area contributed by atoms with Crippen molar-refractivity contribution in [1.82, 2.24) is 0 Å². The lowest BCUT2D eigenvalue weighted by Gasteiger charge is -2.40. The number of benzene rings is 4. The number of hydrogen-bond acceptors (Lipinski definition) is 12. The van der Waals surface area contributed by atoms with Crippen molar-refractivity contribution in [2.24, 2.45) is 0 Å². The molecule has 0 saturated carbocycles. The van der Waals surface area contributed by atoms with E-state index < -0.39 is 74.3 Å². The van der Waals surface area contributed by atoms with Gasteiger partial charge in [0.05, 0.1) is 13.2 Å². The monoisotopic (exact) mass is 906 g/mol. The molecule has 2 aliphatic heterocycles. The minimum atomic E-state index is -1.41. The molecule has 0 bridgehead atoms. The zero-order chi connectivity index (χ0) is 44.2. The topological polar surface area (TPSA) is 212 Å². The average molecular weight is 907 g/mol. The molecule has 11 nitrogen and oxygen atoms in total. The first-order valence-corrected chi connectivity index (χ1v) is 21.9. The molecule has 2 fully saturated rings. The van der Waals surface area contributed by atoms with E-state index in [0.29, 0.717) is 24.0 Å². The van der Waals surface area contributed by atoms with Crippen LogP contribution in [0.3, 0.4) is 0 Å². The fourth-order valence-electron chi connectivity index (χ4n) is 7.73. The van der Waals surface area contributed by atoms with Crippen LogP contribution < -0.4 is 0 Å². The predicted molar refractivity (Wildman–Crippen MR) is 236 cm³/mol. The Kier molecular flexibility index (Phi) is 16.2. The zero-order valence-electron chi connectivity index (χ0n) is 34.5. The third kappa shape index (κ3) is 11.0. The molecule has 15 heteroatoms. The van der Waals surface area contributed by atoms with Crippen molar-refractivity contribution in [2.45, 2.75) is 87.7 Å². The fourth-order valence-corrected chi connectivity index (χ4v) is 9.80. The van der Waals surface area contributed by atoms with Crippen molar-refractivity contribution in [3.63, 3.8) is 0 Å². The van der Waals surface area contributed by atoms with Crippen LogP contribution in [0.25, 0.3) is 20.9 Å². The van der Waals surface area contributed by atoms with Gasteiger partial charge < -0.3 is 55.8 Å². The number of ether oxygens (including phenoxy) is 2. The molecule has 336 valence electrons. The van der Waals surface area contributed by atoms with Gasteiger partial charge in [0.25, 0.3) is 0 Å². The van der Waals surface area contributed by atoms with Crippen LogP contribution in [0.15, 0.2) is 109 Å². The number of hydrogen-bond donors (Lipinski definition) is 8. The fraction of sp³-hybridized carbons (Fsp3) is 0.333. The van der Waals surface area contributed by atoms with Gasteiger partial charge in [-0.05, 0) is 107 Å². The van der Waals surface area contributed by atoms with Crippen LogP contribution in [-0.2, 0) is 22.3 Å². The Bertz CT molecular complexity index is 2240. The Balaban J connectivity index is 0.000000206. The molecule has 2 saturated heterocycles. The van der Waals surface area contributed by atoms with Crippen molar-refractivity contribution in [3.8, 4) is 20.9 Å². The molecule has 4 heterocycles. The highest BCUT2D eigenvalue weighted by molar-refractivity contribution is 7.15. The maximum Gasteiger partial charge on any atom is 0.123 e. The molecule has 10 N–H and O–H groups in total. The highest BCUT2D eigenvalue weighted by atomic mass is 32.1. The number of aliphatic hydroxyl groups is 8. The van der Waals surface area contributed by atoms with Crippen molar-refractivity contribution in [1.29, 1.82) is 0 Å². The number of aryl methyl sites for hydroxylation is 2. The minimum Gasteiger partial charge on any atom is -0.412 e. The number of rotatable bonds is 10. The molecule has 0 radical (unpaired) electrons. The molecule has 2 aliphatic rings. The van der Waals surface area contributed by atoms with Crippen molar-refractivity contribution >= 4 is 22.7 Å². The summed E-state index contributed by atoms with van der Waals surface area (Å²) >= 11 is 3.27. The van der Waals surface area contributed by atoms with Gasteiger partial charge in [-0.15, -0.1) is 22.7 Å². The molecule has 8 rings (SSSR count). The van der Waals surface area contributed by atoms with E-state index in [1.807, 2.05) is 74.5 Å². The van der Waals surface area contributed by atoms with E-state index in [1.165, 1.54) is 24.3 Å². The van der Waals surface area contributed by atoms with Crippen LogP contribution in [0, 0.1) is 25.5 Å². The lowest BCUT2D eigenvalue weighted by molar-refractivity contribution is -0.231. The summed E-state index contributed by atoms with van der Waals surface area (Å²) in [6.07, 6.45) is -10.4. The second kappa shape index (κ2) is 21.1. The van der Waals surface area contributed by atoms with Gasteiger partial charge in [-0.2, -0.15) is 0 Å². The van der Waals surface area contributed by atoms with Gasteiger partial charge in [0.2, 0.25) is 0 Å². The van der Waals surface area contributed by atoms with E-state index in [4.69, 9.17) is 9.47 Å². The Hall–Kier alpha value is -4.30. The second-order valence-corrected chi connectivity index (χ2v) is 18.1.